The Balaban J connectivity index is 1.33. The maximum atomic E-state index is 6.36. The number of halogens is 1. The number of nitrogens with zero attached hydrogens (tertiary/aromatic N) is 4. The van der Waals surface area contributed by atoms with Crippen LogP contribution in [0.4, 0.5) is 5.82 Å². The molecule has 5 heterocycles. The zero-order valence-corrected chi connectivity index (χ0v) is 19.5. The summed E-state index contributed by atoms with van der Waals surface area (Å²) in [7, 11) is 0. The molecule has 9 nitrogen and oxygen atoms in total. The fourth-order valence-corrected chi connectivity index (χ4v) is 4.80. The molecule has 0 amide bonds. The van der Waals surface area contributed by atoms with E-state index in [0.717, 1.165) is 18.6 Å². The lowest BCUT2D eigenvalue weighted by atomic mass is 10.1. The summed E-state index contributed by atoms with van der Waals surface area (Å²) in [5.41, 5.74) is 2.05. The number of benzene rings is 1. The highest BCUT2D eigenvalue weighted by Crippen LogP contribution is 2.43. The van der Waals surface area contributed by atoms with E-state index in [0.29, 0.717) is 28.6 Å². The van der Waals surface area contributed by atoms with Gasteiger partial charge in [0.25, 0.3) is 0 Å². The fraction of sp³-hybridized carbons (Fsp3) is 0.458. The quantitative estimate of drug-likeness (QED) is 0.570. The van der Waals surface area contributed by atoms with Crippen molar-refractivity contribution < 1.29 is 18.9 Å². The first-order chi connectivity index (χ1) is 16.5. The van der Waals surface area contributed by atoms with Gasteiger partial charge in [0.1, 0.15) is 24.6 Å². The Kier molecular flexibility index (Phi) is 5.43. The summed E-state index contributed by atoms with van der Waals surface area (Å²) in [5.74, 6) is 6.24. The summed E-state index contributed by atoms with van der Waals surface area (Å²) in [6.07, 6.45) is 2.37. The van der Waals surface area contributed by atoms with Gasteiger partial charge in [-0.2, -0.15) is 0 Å². The van der Waals surface area contributed by atoms with Crippen molar-refractivity contribution in [1.82, 2.24) is 19.5 Å². The predicted molar refractivity (Wildman–Crippen MR) is 124 cm³/mol. The van der Waals surface area contributed by atoms with Crippen molar-refractivity contribution in [2.75, 3.05) is 18.5 Å². The van der Waals surface area contributed by atoms with Crippen LogP contribution in [0.25, 0.3) is 11.2 Å². The fourth-order valence-electron chi connectivity index (χ4n) is 4.61. The van der Waals surface area contributed by atoms with Crippen LogP contribution in [0.1, 0.15) is 32.1 Å². The highest BCUT2D eigenvalue weighted by molar-refractivity contribution is 6.31. The lowest BCUT2D eigenvalue weighted by molar-refractivity contribution is -0.190. The molecule has 1 N–H and O–H groups in total. The maximum absolute atomic E-state index is 6.36. The Hall–Kier alpha value is -2.74. The van der Waals surface area contributed by atoms with Gasteiger partial charge in [-0.3, -0.25) is 4.57 Å². The van der Waals surface area contributed by atoms with E-state index in [4.69, 9.17) is 30.5 Å². The van der Waals surface area contributed by atoms with Crippen LogP contribution in [0, 0.1) is 11.8 Å². The molecule has 0 aliphatic carbocycles. The molecule has 176 valence electrons. The molecule has 34 heavy (non-hydrogen) atoms. The van der Waals surface area contributed by atoms with Crippen molar-refractivity contribution in [3.63, 3.8) is 0 Å². The van der Waals surface area contributed by atoms with E-state index in [9.17, 15) is 0 Å². The highest BCUT2D eigenvalue weighted by atomic mass is 35.5. The standard InChI is InChI=1S/C24H24ClN5O4/c1-24(2)33-19-17(8-7-14-5-3-4-6-16(14)25)32-23(20(19)34-24)30-13-28-18-21(26-12-27-22(18)30)29-15-9-10-31-11-15/h3-6,12-13,15,17,19-20,23H,9-11H2,1-2H3,(H,26,27,29). The molecule has 0 spiro atoms. The van der Waals surface area contributed by atoms with Gasteiger partial charge in [0.05, 0.1) is 24.0 Å². The average molecular weight is 482 g/mol. The molecule has 3 aliphatic heterocycles. The van der Waals surface area contributed by atoms with Crippen LogP contribution in [0.5, 0.6) is 0 Å². The normalized spacial score (nSPS) is 29.7. The van der Waals surface area contributed by atoms with E-state index in [-0.39, 0.29) is 18.2 Å². The van der Waals surface area contributed by atoms with Gasteiger partial charge < -0.3 is 24.3 Å². The third kappa shape index (κ3) is 3.91. The van der Waals surface area contributed by atoms with Gasteiger partial charge >= 0.3 is 0 Å². The second-order valence-electron chi connectivity index (χ2n) is 9.01. The predicted octanol–water partition coefficient (Wildman–Crippen LogP) is 3.15. The Morgan fingerprint density at radius 2 is 2.00 bits per heavy atom. The molecule has 3 aliphatic rings. The van der Waals surface area contributed by atoms with Crippen LogP contribution in [-0.2, 0) is 18.9 Å². The van der Waals surface area contributed by atoms with Gasteiger partial charge in [0.15, 0.2) is 29.0 Å². The lowest BCUT2D eigenvalue weighted by Crippen LogP contribution is -2.28. The third-order valence-corrected chi connectivity index (χ3v) is 6.49. The number of fused-ring (bicyclic) bond motifs is 2. The zero-order chi connectivity index (χ0) is 23.3. The number of anilines is 1. The SMILES string of the molecule is CC1(C)OC2C(C#Cc3ccccc3Cl)OC(n3cnc4c(NC5CCOC5)ncnc43)C2O1. The van der Waals surface area contributed by atoms with Gasteiger partial charge in [-0.15, -0.1) is 0 Å². The number of ether oxygens (including phenoxy) is 4. The first-order valence-corrected chi connectivity index (χ1v) is 11.7. The minimum Gasteiger partial charge on any atom is -0.379 e. The minimum atomic E-state index is -0.762. The molecule has 0 radical (unpaired) electrons. The van der Waals surface area contributed by atoms with Crippen LogP contribution >= 0.6 is 11.6 Å². The third-order valence-electron chi connectivity index (χ3n) is 6.16. The Morgan fingerprint density at radius 3 is 2.82 bits per heavy atom. The molecule has 1 aromatic carbocycles. The Morgan fingerprint density at radius 1 is 1.15 bits per heavy atom. The van der Waals surface area contributed by atoms with Crippen LogP contribution in [-0.4, -0.2) is 62.9 Å². The topological polar surface area (TPSA) is 92.6 Å². The first-order valence-electron chi connectivity index (χ1n) is 11.3. The monoisotopic (exact) mass is 481 g/mol. The molecule has 6 rings (SSSR count). The van der Waals surface area contributed by atoms with Gasteiger partial charge in [-0.05, 0) is 32.4 Å². The van der Waals surface area contributed by atoms with E-state index >= 15 is 0 Å². The lowest BCUT2D eigenvalue weighted by Gasteiger charge is -2.23. The van der Waals surface area contributed by atoms with Crippen molar-refractivity contribution >= 4 is 28.6 Å². The number of rotatable bonds is 3. The number of hydrogen-bond acceptors (Lipinski definition) is 8. The number of imidazole rings is 1. The van der Waals surface area contributed by atoms with E-state index in [1.807, 2.05) is 42.7 Å². The molecular weight excluding hydrogens is 458 g/mol. The van der Waals surface area contributed by atoms with Crippen LogP contribution in [0.2, 0.25) is 5.02 Å². The average Bonchev–Trinajstić information content (AvgIpc) is 3.58. The number of nitrogens with one attached hydrogen (secondary N) is 1. The highest BCUT2D eigenvalue weighted by Gasteiger charge is 2.56. The Bertz CT molecular complexity index is 1280. The van der Waals surface area contributed by atoms with Crippen molar-refractivity contribution in [2.45, 2.75) is 56.6 Å². The van der Waals surface area contributed by atoms with Gasteiger partial charge in [-0.25, -0.2) is 15.0 Å². The molecule has 0 saturated carbocycles. The summed E-state index contributed by atoms with van der Waals surface area (Å²) >= 11 is 6.28. The summed E-state index contributed by atoms with van der Waals surface area (Å²) in [5, 5.41) is 4.01. The van der Waals surface area contributed by atoms with Crippen LogP contribution in [0.3, 0.4) is 0 Å². The van der Waals surface area contributed by atoms with Crippen molar-refractivity contribution in [3.05, 3.63) is 47.5 Å². The van der Waals surface area contributed by atoms with E-state index in [2.05, 4.69) is 32.1 Å². The van der Waals surface area contributed by atoms with Crippen molar-refractivity contribution in [1.29, 1.82) is 0 Å². The molecule has 10 heteroatoms. The molecule has 2 aromatic heterocycles. The van der Waals surface area contributed by atoms with Gasteiger partial charge in [-0.1, -0.05) is 35.6 Å². The molecule has 5 atom stereocenters. The largest absolute Gasteiger partial charge is 0.379 e. The summed E-state index contributed by atoms with van der Waals surface area (Å²) in [4.78, 5) is 13.5. The van der Waals surface area contributed by atoms with E-state index in [1.54, 1.807) is 6.33 Å². The number of aromatic nitrogens is 4. The van der Waals surface area contributed by atoms with Crippen molar-refractivity contribution in [2.24, 2.45) is 0 Å². The first kappa shape index (κ1) is 21.8. The summed E-state index contributed by atoms with van der Waals surface area (Å²) in [6.45, 7) is 5.17. The molecular formula is C24H24ClN5O4. The van der Waals surface area contributed by atoms with E-state index in [1.165, 1.54) is 6.33 Å². The van der Waals surface area contributed by atoms with Crippen LogP contribution < -0.4 is 5.32 Å². The van der Waals surface area contributed by atoms with Crippen LogP contribution in [0.15, 0.2) is 36.9 Å². The molecule has 5 unspecified atom stereocenters. The second kappa shape index (κ2) is 8.48. The molecule has 3 aromatic rings. The van der Waals surface area contributed by atoms with Gasteiger partial charge in [0, 0.05) is 12.2 Å². The van der Waals surface area contributed by atoms with E-state index < -0.39 is 18.1 Å². The Labute approximate surface area is 201 Å². The minimum absolute atomic E-state index is 0.201. The molecule has 0 bridgehead atoms. The maximum Gasteiger partial charge on any atom is 0.167 e. The van der Waals surface area contributed by atoms with Gasteiger partial charge in [0.2, 0.25) is 0 Å². The number of hydrogen-bond donors (Lipinski definition) is 1. The zero-order valence-electron chi connectivity index (χ0n) is 18.8. The smallest absolute Gasteiger partial charge is 0.167 e. The second-order valence-corrected chi connectivity index (χ2v) is 9.42. The summed E-state index contributed by atoms with van der Waals surface area (Å²) in [6, 6.07) is 7.66. The van der Waals surface area contributed by atoms with Crippen molar-refractivity contribution in [3.8, 4) is 11.8 Å². The summed E-state index contributed by atoms with van der Waals surface area (Å²) < 4.78 is 26.1. The molecule has 3 fully saturated rings. The molecule has 3 saturated heterocycles.